The first-order valence-corrected chi connectivity index (χ1v) is 8.56. The smallest absolute Gasteiger partial charge is 0.315 e. The molecule has 128 valence electrons. The molecule has 0 amide bonds. The Bertz CT molecular complexity index is 974. The van der Waals surface area contributed by atoms with Gasteiger partial charge in [-0.1, -0.05) is 53.5 Å². The Morgan fingerprint density at radius 3 is 2.08 bits per heavy atom. The molecule has 0 aliphatic heterocycles. The first-order chi connectivity index (χ1) is 12.5. The number of rotatable bonds is 4. The van der Waals surface area contributed by atoms with Gasteiger partial charge in [-0.15, -0.1) is 0 Å². The maximum Gasteiger partial charge on any atom is 0.315 e. The second-order valence-electron chi connectivity index (χ2n) is 5.61. The first-order valence-electron chi connectivity index (χ1n) is 7.80. The number of halogens is 2. The number of ether oxygens (including phenoxy) is 1. The van der Waals surface area contributed by atoms with Gasteiger partial charge < -0.3 is 4.74 Å². The fourth-order valence-corrected chi connectivity index (χ4v) is 2.76. The highest BCUT2D eigenvalue weighted by Gasteiger charge is 2.09. The highest BCUT2D eigenvalue weighted by atomic mass is 35.5. The molecule has 0 aromatic heterocycles. The van der Waals surface area contributed by atoms with E-state index >= 15 is 0 Å². The van der Waals surface area contributed by atoms with Gasteiger partial charge in [-0.05, 0) is 53.1 Å². The van der Waals surface area contributed by atoms with Crippen molar-refractivity contribution in [2.24, 2.45) is 0 Å². The van der Waals surface area contributed by atoms with E-state index in [0.717, 1.165) is 16.7 Å². The van der Waals surface area contributed by atoms with E-state index < -0.39 is 0 Å². The average molecular weight is 382 g/mol. The molecule has 0 radical (unpaired) electrons. The standard InChI is InChI=1S/C21H13Cl2NO2/c22-19-10-3-15(11-20(19)23)12-21(25)26-18-8-6-17(7-9-18)16-4-1-14(13-24)2-5-16/h1-11H,12H2. The summed E-state index contributed by atoms with van der Waals surface area (Å²) < 4.78 is 5.36. The van der Waals surface area contributed by atoms with E-state index in [9.17, 15) is 4.79 Å². The van der Waals surface area contributed by atoms with Crippen molar-refractivity contribution in [3.05, 3.63) is 87.9 Å². The van der Waals surface area contributed by atoms with Crippen molar-refractivity contribution in [2.45, 2.75) is 6.42 Å². The van der Waals surface area contributed by atoms with Gasteiger partial charge in [-0.25, -0.2) is 0 Å². The van der Waals surface area contributed by atoms with Crippen LogP contribution in [0.2, 0.25) is 10.0 Å². The summed E-state index contributed by atoms with van der Waals surface area (Å²) in [6.07, 6.45) is 0.105. The average Bonchev–Trinajstić information content (AvgIpc) is 2.65. The molecule has 3 nitrogen and oxygen atoms in total. The number of esters is 1. The lowest BCUT2D eigenvalue weighted by Crippen LogP contribution is -2.11. The van der Waals surface area contributed by atoms with E-state index in [1.165, 1.54) is 0 Å². The summed E-state index contributed by atoms with van der Waals surface area (Å²) >= 11 is 11.8. The number of carbonyl (C=O) groups is 1. The Morgan fingerprint density at radius 1 is 0.885 bits per heavy atom. The molecular formula is C21H13Cl2NO2. The van der Waals surface area contributed by atoms with Crippen LogP contribution in [0.25, 0.3) is 11.1 Å². The second kappa shape index (κ2) is 8.05. The largest absolute Gasteiger partial charge is 0.426 e. The summed E-state index contributed by atoms with van der Waals surface area (Å²) in [5, 5.41) is 9.69. The van der Waals surface area contributed by atoms with E-state index in [2.05, 4.69) is 6.07 Å². The summed E-state index contributed by atoms with van der Waals surface area (Å²) in [4.78, 5) is 12.1. The van der Waals surface area contributed by atoms with E-state index in [1.807, 2.05) is 24.3 Å². The third-order valence-electron chi connectivity index (χ3n) is 3.77. The molecule has 0 aliphatic rings. The van der Waals surface area contributed by atoms with Gasteiger partial charge in [0, 0.05) is 0 Å². The van der Waals surface area contributed by atoms with Crippen LogP contribution >= 0.6 is 23.2 Å². The van der Waals surface area contributed by atoms with Crippen LogP contribution in [-0.4, -0.2) is 5.97 Å². The summed E-state index contributed by atoms with van der Waals surface area (Å²) in [5.41, 5.74) is 3.30. The van der Waals surface area contributed by atoms with Gasteiger partial charge in [-0.3, -0.25) is 4.79 Å². The van der Waals surface area contributed by atoms with Gasteiger partial charge in [0.15, 0.2) is 0 Å². The Hall–Kier alpha value is -2.80. The molecule has 3 aromatic rings. The highest BCUT2D eigenvalue weighted by molar-refractivity contribution is 6.42. The Balaban J connectivity index is 1.65. The lowest BCUT2D eigenvalue weighted by Gasteiger charge is -2.07. The molecule has 26 heavy (non-hydrogen) atoms. The SMILES string of the molecule is N#Cc1ccc(-c2ccc(OC(=O)Cc3ccc(Cl)c(Cl)c3)cc2)cc1. The normalized spacial score (nSPS) is 10.2. The third kappa shape index (κ3) is 4.43. The van der Waals surface area contributed by atoms with Crippen molar-refractivity contribution in [3.8, 4) is 22.9 Å². The quantitative estimate of drug-likeness (QED) is 0.431. The highest BCUT2D eigenvalue weighted by Crippen LogP contribution is 2.24. The second-order valence-corrected chi connectivity index (χ2v) is 6.43. The predicted octanol–water partition coefficient (Wildman–Crippen LogP) is 5.68. The molecule has 5 heteroatoms. The van der Waals surface area contributed by atoms with Crippen molar-refractivity contribution in [1.82, 2.24) is 0 Å². The molecule has 0 N–H and O–H groups in total. The topological polar surface area (TPSA) is 50.1 Å². The number of nitrogens with zero attached hydrogens (tertiary/aromatic N) is 1. The number of hydrogen-bond donors (Lipinski definition) is 0. The van der Waals surface area contributed by atoms with Crippen molar-refractivity contribution < 1.29 is 9.53 Å². The molecule has 0 unspecified atom stereocenters. The zero-order valence-electron chi connectivity index (χ0n) is 13.6. The van der Waals surface area contributed by atoms with Crippen molar-refractivity contribution >= 4 is 29.2 Å². The van der Waals surface area contributed by atoms with E-state index in [-0.39, 0.29) is 12.4 Å². The first kappa shape index (κ1) is 18.0. The van der Waals surface area contributed by atoms with Crippen LogP contribution in [0.3, 0.4) is 0 Å². The Kier molecular flexibility index (Phi) is 5.58. The van der Waals surface area contributed by atoms with Crippen LogP contribution in [0.1, 0.15) is 11.1 Å². The molecule has 0 fully saturated rings. The third-order valence-corrected chi connectivity index (χ3v) is 4.50. The maximum absolute atomic E-state index is 12.1. The molecule has 0 heterocycles. The molecule has 3 aromatic carbocycles. The van der Waals surface area contributed by atoms with Crippen LogP contribution in [0.5, 0.6) is 5.75 Å². The Morgan fingerprint density at radius 2 is 1.50 bits per heavy atom. The molecule has 0 atom stereocenters. The molecule has 3 rings (SSSR count). The lowest BCUT2D eigenvalue weighted by molar-refractivity contribution is -0.133. The summed E-state index contributed by atoms with van der Waals surface area (Å²) in [7, 11) is 0. The summed E-state index contributed by atoms with van der Waals surface area (Å²) in [5.74, 6) is 0.0852. The van der Waals surface area contributed by atoms with E-state index in [1.54, 1.807) is 42.5 Å². The summed E-state index contributed by atoms with van der Waals surface area (Å²) in [6, 6.07) is 21.6. The van der Waals surface area contributed by atoms with E-state index in [0.29, 0.717) is 21.4 Å². The van der Waals surface area contributed by atoms with Crippen LogP contribution < -0.4 is 4.74 Å². The molecule has 0 aliphatic carbocycles. The number of carbonyl (C=O) groups excluding carboxylic acids is 1. The molecular weight excluding hydrogens is 369 g/mol. The molecule has 0 bridgehead atoms. The van der Waals surface area contributed by atoms with Gasteiger partial charge in [0.05, 0.1) is 28.1 Å². The van der Waals surface area contributed by atoms with E-state index in [4.69, 9.17) is 33.2 Å². The van der Waals surface area contributed by atoms with Crippen LogP contribution in [-0.2, 0) is 11.2 Å². The summed E-state index contributed by atoms with van der Waals surface area (Å²) in [6.45, 7) is 0. The van der Waals surface area contributed by atoms with Gasteiger partial charge in [0.25, 0.3) is 0 Å². The number of benzene rings is 3. The van der Waals surface area contributed by atoms with Crippen LogP contribution in [0.15, 0.2) is 66.7 Å². The fourth-order valence-electron chi connectivity index (χ4n) is 2.44. The van der Waals surface area contributed by atoms with Crippen LogP contribution in [0.4, 0.5) is 0 Å². The molecule has 0 saturated heterocycles. The zero-order chi connectivity index (χ0) is 18.5. The molecule has 0 spiro atoms. The van der Waals surface area contributed by atoms with Gasteiger partial charge >= 0.3 is 5.97 Å². The van der Waals surface area contributed by atoms with Crippen LogP contribution in [0, 0.1) is 11.3 Å². The fraction of sp³-hybridized carbons (Fsp3) is 0.0476. The van der Waals surface area contributed by atoms with Crippen molar-refractivity contribution in [1.29, 1.82) is 5.26 Å². The predicted molar refractivity (Wildman–Crippen MR) is 102 cm³/mol. The Labute approximate surface area is 161 Å². The van der Waals surface area contributed by atoms with Gasteiger partial charge in [-0.2, -0.15) is 5.26 Å². The molecule has 0 saturated carbocycles. The maximum atomic E-state index is 12.1. The van der Waals surface area contributed by atoms with Gasteiger partial charge in [0.1, 0.15) is 5.75 Å². The minimum atomic E-state index is -0.380. The van der Waals surface area contributed by atoms with Crippen molar-refractivity contribution in [3.63, 3.8) is 0 Å². The van der Waals surface area contributed by atoms with Crippen molar-refractivity contribution in [2.75, 3.05) is 0 Å². The monoisotopic (exact) mass is 381 g/mol. The zero-order valence-corrected chi connectivity index (χ0v) is 15.1. The number of hydrogen-bond acceptors (Lipinski definition) is 3. The lowest BCUT2D eigenvalue weighted by atomic mass is 10.0. The van der Waals surface area contributed by atoms with Gasteiger partial charge in [0.2, 0.25) is 0 Å². The number of nitriles is 1. The minimum absolute atomic E-state index is 0.105. The minimum Gasteiger partial charge on any atom is -0.426 e.